The van der Waals surface area contributed by atoms with Crippen molar-refractivity contribution in [1.82, 2.24) is 0 Å². The van der Waals surface area contributed by atoms with Crippen LogP contribution in [0.2, 0.25) is 0 Å². The summed E-state index contributed by atoms with van der Waals surface area (Å²) < 4.78 is 0. The Hall–Kier alpha value is -1.09. The van der Waals surface area contributed by atoms with Crippen molar-refractivity contribution < 1.29 is 14.4 Å². The molecule has 0 aliphatic rings. The van der Waals surface area contributed by atoms with Crippen LogP contribution in [-0.2, 0) is 14.4 Å². The van der Waals surface area contributed by atoms with Gasteiger partial charge < -0.3 is 0 Å². The monoisotopic (exact) mass is 142 g/mol. The Kier molecular flexibility index (Phi) is 4.44. The van der Waals surface area contributed by atoms with Crippen LogP contribution in [0.4, 0.5) is 0 Å². The molecule has 0 heterocycles. The van der Waals surface area contributed by atoms with Crippen LogP contribution in [-0.4, -0.2) is 23.4 Å². The third-order valence-corrected chi connectivity index (χ3v) is 1.57. The zero-order valence-electron chi connectivity index (χ0n) is 4.46. The molecule has 0 amide bonds. The van der Waals surface area contributed by atoms with Crippen molar-refractivity contribution in [2.45, 2.75) is 0 Å². The van der Waals surface area contributed by atoms with Gasteiger partial charge in [-0.05, 0) is 0 Å². The van der Waals surface area contributed by atoms with E-state index in [0.717, 1.165) is 6.08 Å². The van der Waals surface area contributed by atoms with E-state index >= 15 is 0 Å². The van der Waals surface area contributed by atoms with E-state index in [1.807, 2.05) is 0 Å². The number of allylic oxidation sites excluding steroid dienone is 1. The summed E-state index contributed by atoms with van der Waals surface area (Å²) in [7, 11) is -1.49. The van der Waals surface area contributed by atoms with Gasteiger partial charge in [0.2, 0.25) is 0 Å². The first-order valence-corrected chi connectivity index (χ1v) is 3.60. The van der Waals surface area contributed by atoms with Crippen molar-refractivity contribution in [2.75, 3.05) is 6.16 Å². The Morgan fingerprint density at radius 3 is 2.11 bits per heavy atom. The molecule has 0 radical (unpaired) electrons. The Labute approximate surface area is 52.0 Å². The van der Waals surface area contributed by atoms with Crippen LogP contribution >= 0.6 is 7.17 Å². The predicted octanol–water partition coefficient (Wildman–Crippen LogP) is -0.00950. The van der Waals surface area contributed by atoms with Crippen LogP contribution in [0.25, 0.3) is 0 Å². The molecule has 0 aliphatic carbocycles. The minimum Gasteiger partial charge on any atom is -0.234 e. The molecule has 0 unspecified atom stereocenters. The fourth-order valence-electron chi connectivity index (χ4n) is 0.222. The Bertz CT molecular complexity index is 240. The molecule has 0 spiro atoms. The average molecular weight is 142 g/mol. The average Bonchev–Trinajstić information content (AvgIpc) is 1.91. The fraction of sp³-hybridized carbons (Fsp3) is 0.200. The summed E-state index contributed by atoms with van der Waals surface area (Å²) >= 11 is 0. The minimum absolute atomic E-state index is 0.117. The topological polar surface area (TPSA) is 51.2 Å². The summed E-state index contributed by atoms with van der Waals surface area (Å²) in [6, 6.07) is 0. The fourth-order valence-corrected chi connectivity index (χ4v) is 0.665. The molecular formula is C5H3O3P. The van der Waals surface area contributed by atoms with Gasteiger partial charge in [-0.3, -0.25) is 0 Å². The Morgan fingerprint density at radius 1 is 1.22 bits per heavy atom. The van der Waals surface area contributed by atoms with Crippen molar-refractivity contribution in [1.29, 1.82) is 0 Å². The second-order valence-corrected chi connectivity index (χ2v) is 2.70. The van der Waals surface area contributed by atoms with Crippen LogP contribution in [0.1, 0.15) is 0 Å². The van der Waals surface area contributed by atoms with E-state index in [1.165, 1.54) is 17.3 Å². The zero-order valence-corrected chi connectivity index (χ0v) is 5.35. The molecule has 46 valence electrons. The molecule has 0 fully saturated rings. The van der Waals surface area contributed by atoms with Gasteiger partial charge >= 0.3 is 0 Å². The second-order valence-electron chi connectivity index (χ2n) is 1.12. The van der Waals surface area contributed by atoms with Crippen LogP contribution in [0.5, 0.6) is 0 Å². The molecule has 0 aromatic heterocycles. The number of hydrogen-bond acceptors (Lipinski definition) is 3. The Balaban J connectivity index is 4.41. The number of hydrogen-bond donors (Lipinski definition) is 0. The van der Waals surface area contributed by atoms with E-state index in [4.69, 9.17) is 0 Å². The molecule has 0 N–H and O–H groups in total. The number of rotatable bonds is 2. The lowest BCUT2D eigenvalue weighted by Gasteiger charge is -1.67. The highest BCUT2D eigenvalue weighted by Gasteiger charge is 1.77. The highest BCUT2D eigenvalue weighted by molar-refractivity contribution is 7.55. The lowest BCUT2D eigenvalue weighted by Crippen LogP contribution is -1.63. The van der Waals surface area contributed by atoms with Crippen molar-refractivity contribution >= 4 is 24.4 Å². The first-order chi connectivity index (χ1) is 4.35. The summed E-state index contributed by atoms with van der Waals surface area (Å²) in [6.07, 6.45) is 1.20. The maximum atomic E-state index is 9.73. The normalized spacial score (nSPS) is 8.22. The zero-order chi connectivity index (χ0) is 7.11. The number of carbonyl (C=O) groups excluding carboxylic acids is 3. The molecule has 0 bridgehead atoms. The van der Waals surface area contributed by atoms with Gasteiger partial charge in [0.05, 0.1) is 7.17 Å². The van der Waals surface area contributed by atoms with E-state index in [9.17, 15) is 14.4 Å². The molecule has 0 atom stereocenters. The highest BCUT2D eigenvalue weighted by atomic mass is 31.1. The van der Waals surface area contributed by atoms with E-state index in [0.29, 0.717) is 0 Å². The lowest BCUT2D eigenvalue weighted by molar-refractivity contribution is 0.568. The van der Waals surface area contributed by atoms with Crippen molar-refractivity contribution in [3.05, 3.63) is 6.08 Å². The summed E-state index contributed by atoms with van der Waals surface area (Å²) in [4.78, 5) is 29.0. The molecule has 0 aromatic rings. The maximum Gasteiger partial charge on any atom is 0.156 e. The van der Waals surface area contributed by atoms with Crippen molar-refractivity contribution in [3.8, 4) is 0 Å². The maximum absolute atomic E-state index is 9.73. The van der Waals surface area contributed by atoms with Gasteiger partial charge in [-0.2, -0.15) is 0 Å². The van der Waals surface area contributed by atoms with Gasteiger partial charge in [0.25, 0.3) is 0 Å². The quantitative estimate of drug-likeness (QED) is 0.402. The molecule has 0 saturated carbocycles. The molecule has 0 aliphatic heterocycles. The molecule has 4 heteroatoms. The third kappa shape index (κ3) is 3.49. The first-order valence-electron chi connectivity index (χ1n) is 2.07. The molecule has 0 saturated heterocycles. The van der Waals surface area contributed by atoms with Gasteiger partial charge in [0, 0.05) is 12.2 Å². The van der Waals surface area contributed by atoms with Crippen LogP contribution in [0.3, 0.4) is 0 Å². The smallest absolute Gasteiger partial charge is 0.156 e. The minimum atomic E-state index is -1.49. The van der Waals surface area contributed by atoms with Crippen LogP contribution in [0, 0.1) is 0 Å². The largest absolute Gasteiger partial charge is 0.234 e. The third-order valence-electron chi connectivity index (χ3n) is 0.578. The molecule has 9 heavy (non-hydrogen) atoms. The summed E-state index contributed by atoms with van der Waals surface area (Å²) in [5, 5.41) is 0. The van der Waals surface area contributed by atoms with Crippen LogP contribution in [0.15, 0.2) is 6.08 Å². The summed E-state index contributed by atoms with van der Waals surface area (Å²) in [5.74, 6) is 1.45. The second kappa shape index (κ2) is 5.05. The molecule has 3 nitrogen and oxygen atoms in total. The molecular weight excluding hydrogens is 139 g/mol. The lowest BCUT2D eigenvalue weighted by atomic mass is 10.8. The Morgan fingerprint density at radius 2 is 1.78 bits per heavy atom. The van der Waals surface area contributed by atoms with Gasteiger partial charge in [0.15, 0.2) is 11.3 Å². The molecule has 0 aromatic carbocycles. The van der Waals surface area contributed by atoms with E-state index in [-0.39, 0.29) is 6.16 Å². The SMILES string of the molecule is O=C=CCP(=C=O)=C=O. The van der Waals surface area contributed by atoms with Crippen LogP contribution < -0.4 is 0 Å². The standard InChI is InChI=1S/C5H3O3P/c6-2-1-3-9(4-7)5-8/h1H,3H2. The summed E-state index contributed by atoms with van der Waals surface area (Å²) in [5.41, 5.74) is 2.94. The van der Waals surface area contributed by atoms with Gasteiger partial charge in [0.1, 0.15) is 5.94 Å². The summed E-state index contributed by atoms with van der Waals surface area (Å²) in [6.45, 7) is 0. The van der Waals surface area contributed by atoms with Gasteiger partial charge in [-0.25, -0.2) is 14.4 Å². The molecule has 0 rings (SSSR count). The van der Waals surface area contributed by atoms with Gasteiger partial charge in [-0.15, -0.1) is 0 Å². The first kappa shape index (κ1) is 7.91. The predicted molar refractivity (Wildman–Crippen MR) is 33.4 cm³/mol. The van der Waals surface area contributed by atoms with Crippen molar-refractivity contribution in [2.24, 2.45) is 0 Å². The highest BCUT2D eigenvalue weighted by Crippen LogP contribution is 1.99. The van der Waals surface area contributed by atoms with E-state index < -0.39 is 7.17 Å². The van der Waals surface area contributed by atoms with E-state index in [1.54, 1.807) is 0 Å². The van der Waals surface area contributed by atoms with Crippen molar-refractivity contribution in [3.63, 3.8) is 0 Å². The van der Waals surface area contributed by atoms with E-state index in [2.05, 4.69) is 0 Å². The van der Waals surface area contributed by atoms with Gasteiger partial charge in [-0.1, -0.05) is 0 Å².